The molecule has 2 N–H and O–H groups in total. The van der Waals surface area contributed by atoms with Crippen molar-refractivity contribution in [3.8, 4) is 0 Å². The van der Waals surface area contributed by atoms with E-state index in [1.807, 2.05) is 6.92 Å². The average molecular weight is 540 g/mol. The van der Waals surface area contributed by atoms with Crippen molar-refractivity contribution in [2.24, 2.45) is 10.9 Å². The number of fused-ring (bicyclic) bond motifs is 2. The SMILES string of the molecule is CCNC(=NCC1CCN(S(=O)(=O)C(F)(F)F)CC1)NC1CC2CCC1O2.I. The maximum atomic E-state index is 12.6. The minimum Gasteiger partial charge on any atom is -0.373 e. The topological polar surface area (TPSA) is 83.0 Å². The van der Waals surface area contributed by atoms with E-state index in [0.717, 1.165) is 19.3 Å². The van der Waals surface area contributed by atoms with E-state index in [1.165, 1.54) is 0 Å². The van der Waals surface area contributed by atoms with Crippen molar-refractivity contribution < 1.29 is 26.3 Å². The van der Waals surface area contributed by atoms with E-state index in [9.17, 15) is 21.6 Å². The molecule has 3 aliphatic heterocycles. The third-order valence-electron chi connectivity index (χ3n) is 5.49. The van der Waals surface area contributed by atoms with Crippen LogP contribution in [0.25, 0.3) is 0 Å². The van der Waals surface area contributed by atoms with E-state index in [1.54, 1.807) is 0 Å². The fourth-order valence-electron chi connectivity index (χ4n) is 3.98. The smallest absolute Gasteiger partial charge is 0.373 e. The summed E-state index contributed by atoms with van der Waals surface area (Å²) >= 11 is 0. The monoisotopic (exact) mass is 540 g/mol. The second-order valence-corrected chi connectivity index (χ2v) is 9.30. The van der Waals surface area contributed by atoms with E-state index in [-0.39, 0.29) is 55.1 Å². The Labute approximate surface area is 180 Å². The first-order valence-electron chi connectivity index (χ1n) is 9.47. The number of alkyl halides is 3. The molecular weight excluding hydrogens is 512 g/mol. The summed E-state index contributed by atoms with van der Waals surface area (Å²) in [6.45, 7) is 2.89. The van der Waals surface area contributed by atoms with Crippen molar-refractivity contribution in [2.75, 3.05) is 26.2 Å². The Bertz CT molecular complexity index is 654. The van der Waals surface area contributed by atoms with Crippen LogP contribution in [0.15, 0.2) is 4.99 Å². The normalized spacial score (nSPS) is 29.6. The van der Waals surface area contributed by atoms with Crippen molar-refractivity contribution in [3.63, 3.8) is 0 Å². The van der Waals surface area contributed by atoms with Crippen LogP contribution in [0.4, 0.5) is 13.2 Å². The minimum absolute atomic E-state index is 0. The number of halogens is 4. The summed E-state index contributed by atoms with van der Waals surface area (Å²) in [5.74, 6) is 0.750. The Morgan fingerprint density at radius 3 is 2.39 bits per heavy atom. The zero-order chi connectivity index (χ0) is 19.7. The van der Waals surface area contributed by atoms with Crippen LogP contribution in [0.1, 0.15) is 39.0 Å². The molecule has 3 atom stereocenters. The lowest BCUT2D eigenvalue weighted by molar-refractivity contribution is -0.0496. The Morgan fingerprint density at radius 1 is 1.21 bits per heavy atom. The summed E-state index contributed by atoms with van der Waals surface area (Å²) in [4.78, 5) is 4.57. The molecule has 3 rings (SSSR count). The van der Waals surface area contributed by atoms with Gasteiger partial charge in [-0.2, -0.15) is 17.5 Å². The summed E-state index contributed by atoms with van der Waals surface area (Å²) in [7, 11) is -5.22. The molecule has 0 spiro atoms. The lowest BCUT2D eigenvalue weighted by atomic mass is 9.96. The van der Waals surface area contributed by atoms with Crippen LogP contribution in [0.2, 0.25) is 0 Å². The molecule has 28 heavy (non-hydrogen) atoms. The van der Waals surface area contributed by atoms with Crippen molar-refractivity contribution >= 4 is 40.0 Å². The van der Waals surface area contributed by atoms with Gasteiger partial charge in [-0.25, -0.2) is 8.42 Å². The fourth-order valence-corrected chi connectivity index (χ4v) is 4.97. The maximum Gasteiger partial charge on any atom is 0.511 e. The first kappa shape index (κ1) is 23.9. The van der Waals surface area contributed by atoms with Crippen LogP contribution in [0.5, 0.6) is 0 Å². The Balaban J connectivity index is 0.00000280. The predicted octanol–water partition coefficient (Wildman–Crippen LogP) is 2.04. The van der Waals surface area contributed by atoms with Crippen LogP contribution in [-0.4, -0.2) is 68.6 Å². The highest BCUT2D eigenvalue weighted by Gasteiger charge is 2.50. The zero-order valence-electron chi connectivity index (χ0n) is 15.7. The fraction of sp³-hybridized carbons (Fsp3) is 0.938. The Hall–Kier alpha value is -0.340. The summed E-state index contributed by atoms with van der Waals surface area (Å²) in [6, 6.07) is 0.236. The summed E-state index contributed by atoms with van der Waals surface area (Å²) in [6.07, 6.45) is 4.40. The second-order valence-electron chi connectivity index (χ2n) is 7.37. The molecule has 2 bridgehead atoms. The van der Waals surface area contributed by atoms with Gasteiger partial charge in [0.05, 0.1) is 18.2 Å². The first-order chi connectivity index (χ1) is 12.7. The molecule has 0 aromatic rings. The second kappa shape index (κ2) is 9.65. The maximum absolute atomic E-state index is 12.6. The molecular formula is C16H28F3IN4O3S. The van der Waals surface area contributed by atoms with Crippen molar-refractivity contribution in [3.05, 3.63) is 0 Å². The number of nitrogens with zero attached hydrogens (tertiary/aromatic N) is 2. The third kappa shape index (κ3) is 5.42. The summed E-state index contributed by atoms with van der Waals surface area (Å²) < 4.78 is 67.2. The predicted molar refractivity (Wildman–Crippen MR) is 110 cm³/mol. The molecule has 3 saturated heterocycles. The van der Waals surface area contributed by atoms with Gasteiger partial charge in [0, 0.05) is 26.2 Å². The van der Waals surface area contributed by atoms with Crippen LogP contribution < -0.4 is 10.6 Å². The van der Waals surface area contributed by atoms with Crippen LogP contribution >= 0.6 is 24.0 Å². The van der Waals surface area contributed by atoms with Gasteiger partial charge in [0.2, 0.25) is 0 Å². The highest BCUT2D eigenvalue weighted by molar-refractivity contribution is 14.0. The van der Waals surface area contributed by atoms with Crippen molar-refractivity contribution in [1.82, 2.24) is 14.9 Å². The van der Waals surface area contributed by atoms with Crippen molar-refractivity contribution in [2.45, 2.75) is 62.8 Å². The number of hydrogen-bond acceptors (Lipinski definition) is 4. The van der Waals surface area contributed by atoms with Gasteiger partial charge in [0.25, 0.3) is 0 Å². The number of ether oxygens (including phenoxy) is 1. The molecule has 12 heteroatoms. The number of hydrogen-bond donors (Lipinski definition) is 2. The minimum atomic E-state index is -5.23. The zero-order valence-corrected chi connectivity index (χ0v) is 18.9. The molecule has 0 aromatic heterocycles. The lowest BCUT2D eigenvalue weighted by Crippen LogP contribution is -2.48. The highest BCUT2D eigenvalue weighted by atomic mass is 127. The molecule has 3 aliphatic rings. The standard InChI is InChI=1S/C16H27F3N4O3S.HI/c1-2-20-15(22-13-9-12-3-4-14(13)26-12)21-10-11-5-7-23(8-6-11)27(24,25)16(17,18)19;/h11-14H,2-10H2,1H3,(H2,20,21,22);1H. The molecule has 0 aromatic carbocycles. The molecule has 0 aliphatic carbocycles. The van der Waals surface area contributed by atoms with Gasteiger partial charge in [-0.3, -0.25) is 4.99 Å². The molecule has 3 unspecified atom stereocenters. The molecule has 0 amide bonds. The molecule has 3 heterocycles. The van der Waals surface area contributed by atoms with Crippen molar-refractivity contribution in [1.29, 1.82) is 0 Å². The average Bonchev–Trinajstić information content (AvgIpc) is 3.22. The van der Waals surface area contributed by atoms with Gasteiger partial charge in [-0.15, -0.1) is 24.0 Å². The van der Waals surface area contributed by atoms with E-state index in [4.69, 9.17) is 4.74 Å². The number of sulfonamides is 1. The molecule has 0 radical (unpaired) electrons. The van der Waals surface area contributed by atoms with Gasteiger partial charge >= 0.3 is 15.5 Å². The molecule has 3 fully saturated rings. The number of guanidine groups is 1. The lowest BCUT2D eigenvalue weighted by Gasteiger charge is -2.31. The molecule has 0 saturated carbocycles. The van der Waals surface area contributed by atoms with Crippen LogP contribution in [0, 0.1) is 5.92 Å². The van der Waals surface area contributed by atoms with E-state index < -0.39 is 15.5 Å². The molecule has 7 nitrogen and oxygen atoms in total. The third-order valence-corrected chi connectivity index (χ3v) is 7.12. The van der Waals surface area contributed by atoms with Gasteiger partial charge in [0.1, 0.15) is 0 Å². The van der Waals surface area contributed by atoms with Crippen LogP contribution in [0.3, 0.4) is 0 Å². The summed E-state index contributed by atoms with van der Waals surface area (Å²) in [5.41, 5.74) is -5.23. The van der Waals surface area contributed by atoms with Gasteiger partial charge < -0.3 is 15.4 Å². The Morgan fingerprint density at radius 2 is 1.89 bits per heavy atom. The Kier molecular flexibility index (Phi) is 8.25. The largest absolute Gasteiger partial charge is 0.511 e. The van der Waals surface area contributed by atoms with Crippen LogP contribution in [-0.2, 0) is 14.8 Å². The van der Waals surface area contributed by atoms with E-state index in [2.05, 4.69) is 15.6 Å². The van der Waals surface area contributed by atoms with E-state index >= 15 is 0 Å². The first-order valence-corrected chi connectivity index (χ1v) is 10.9. The van der Waals surface area contributed by atoms with Gasteiger partial charge in [0.15, 0.2) is 5.96 Å². The number of nitrogens with one attached hydrogen (secondary N) is 2. The quantitative estimate of drug-likeness (QED) is 0.317. The number of aliphatic imine (C=N–C) groups is 1. The van der Waals surface area contributed by atoms with E-state index in [0.29, 0.717) is 42.3 Å². The number of rotatable bonds is 5. The van der Waals surface area contributed by atoms with Gasteiger partial charge in [-0.05, 0) is 44.9 Å². The number of piperidine rings is 1. The highest BCUT2D eigenvalue weighted by Crippen LogP contribution is 2.34. The summed E-state index contributed by atoms with van der Waals surface area (Å²) in [5, 5.41) is 6.59. The molecule has 164 valence electrons. The van der Waals surface area contributed by atoms with Gasteiger partial charge in [-0.1, -0.05) is 0 Å².